The molecule has 1 aliphatic carbocycles. The number of nitrogens with zero attached hydrogens (tertiary/aromatic N) is 3. The quantitative estimate of drug-likeness (QED) is 0.383. The summed E-state index contributed by atoms with van der Waals surface area (Å²) in [4.78, 5) is 4.17. The van der Waals surface area contributed by atoms with Crippen LogP contribution in [0.1, 0.15) is 57.9 Å². The second kappa shape index (κ2) is 11.9. The fourth-order valence-electron chi connectivity index (χ4n) is 2.95. The maximum absolute atomic E-state index is 13.2. The first-order chi connectivity index (χ1) is 14.0. The molecular formula is C22H27BrClFN4. The Morgan fingerprint density at radius 2 is 1.76 bits per heavy atom. The minimum absolute atomic E-state index is 0.340. The third-order valence-corrected chi connectivity index (χ3v) is 5.18. The van der Waals surface area contributed by atoms with Crippen molar-refractivity contribution in [1.29, 1.82) is 0 Å². The Morgan fingerprint density at radius 1 is 1.14 bits per heavy atom. The molecule has 1 aliphatic rings. The van der Waals surface area contributed by atoms with Crippen molar-refractivity contribution < 1.29 is 4.39 Å². The molecule has 0 aliphatic heterocycles. The van der Waals surface area contributed by atoms with Gasteiger partial charge in [0.1, 0.15) is 5.82 Å². The van der Waals surface area contributed by atoms with Gasteiger partial charge in [0.2, 0.25) is 0 Å². The highest BCUT2D eigenvalue weighted by atomic mass is 79.9. The van der Waals surface area contributed by atoms with Gasteiger partial charge < -0.3 is 5.73 Å². The van der Waals surface area contributed by atoms with Gasteiger partial charge in [-0.1, -0.05) is 64.0 Å². The van der Waals surface area contributed by atoms with Gasteiger partial charge in [0.25, 0.3) is 0 Å². The van der Waals surface area contributed by atoms with Crippen LogP contribution in [0.15, 0.2) is 46.1 Å². The molecule has 29 heavy (non-hydrogen) atoms. The zero-order valence-electron chi connectivity index (χ0n) is 16.8. The van der Waals surface area contributed by atoms with Crippen LogP contribution in [0.3, 0.4) is 0 Å². The van der Waals surface area contributed by atoms with E-state index in [1.807, 2.05) is 19.9 Å². The molecule has 3 aromatic rings. The maximum Gasteiger partial charge on any atom is 0.125 e. The Bertz CT molecular complexity index is 940. The summed E-state index contributed by atoms with van der Waals surface area (Å²) in [5, 5.41) is 4.59. The number of halogens is 3. The molecule has 7 heteroatoms. The number of hydrogen-bond acceptors (Lipinski definition) is 3. The smallest absolute Gasteiger partial charge is 0.125 e. The predicted molar refractivity (Wildman–Crippen MR) is 125 cm³/mol. The predicted octanol–water partition coefficient (Wildman–Crippen LogP) is 7.59. The number of fused-ring (bicyclic) bond motifs is 1. The van der Waals surface area contributed by atoms with Crippen LogP contribution < -0.4 is 5.73 Å². The molecule has 4 rings (SSSR count). The molecule has 2 aromatic heterocycles. The van der Waals surface area contributed by atoms with Crippen LogP contribution in [0.5, 0.6) is 0 Å². The molecule has 0 radical (unpaired) electrons. The van der Waals surface area contributed by atoms with Crippen LogP contribution in [-0.2, 0) is 0 Å². The molecule has 0 unspecified atom stereocenters. The Balaban J connectivity index is 0.000000317. The Morgan fingerprint density at radius 3 is 2.38 bits per heavy atom. The first-order valence-electron chi connectivity index (χ1n) is 9.96. The van der Waals surface area contributed by atoms with Crippen molar-refractivity contribution >= 4 is 50.6 Å². The average Bonchev–Trinajstić information content (AvgIpc) is 3.14. The summed E-state index contributed by atoms with van der Waals surface area (Å²) in [5.74, 6) is -0.399. The summed E-state index contributed by atoms with van der Waals surface area (Å²) < 4.78 is 15.7. The molecule has 0 amide bonds. The van der Waals surface area contributed by atoms with Crippen molar-refractivity contribution in [3.8, 4) is 0 Å². The molecule has 0 atom stereocenters. The van der Waals surface area contributed by atoms with Crippen molar-refractivity contribution in [3.05, 3.63) is 57.5 Å². The summed E-state index contributed by atoms with van der Waals surface area (Å²) in [6, 6.07) is 5.85. The number of anilines is 1. The lowest BCUT2D eigenvalue weighted by Gasteiger charge is -2.05. The molecule has 0 spiro atoms. The Hall–Kier alpha value is -1.92. The van der Waals surface area contributed by atoms with Crippen molar-refractivity contribution in [2.24, 2.45) is 4.99 Å². The molecule has 2 heterocycles. The van der Waals surface area contributed by atoms with Crippen LogP contribution in [0.2, 0.25) is 5.02 Å². The molecular weight excluding hydrogens is 455 g/mol. The number of rotatable bonds is 2. The molecule has 1 fully saturated rings. The highest BCUT2D eigenvalue weighted by Gasteiger charge is 2.06. The van der Waals surface area contributed by atoms with Crippen LogP contribution in [0.4, 0.5) is 15.8 Å². The topological polar surface area (TPSA) is 55.7 Å². The highest BCUT2D eigenvalue weighted by Crippen LogP contribution is 2.26. The van der Waals surface area contributed by atoms with Gasteiger partial charge in [-0.05, 0) is 34.1 Å². The zero-order valence-corrected chi connectivity index (χ0v) is 19.2. The van der Waals surface area contributed by atoms with E-state index in [1.165, 1.54) is 62.9 Å². The van der Waals surface area contributed by atoms with Crippen LogP contribution >= 0.6 is 27.5 Å². The third kappa shape index (κ3) is 6.82. The Kier molecular flexibility index (Phi) is 9.61. The minimum Gasteiger partial charge on any atom is -0.396 e. The van der Waals surface area contributed by atoms with Gasteiger partial charge >= 0.3 is 0 Å². The van der Waals surface area contributed by atoms with E-state index in [4.69, 9.17) is 17.3 Å². The van der Waals surface area contributed by atoms with Crippen molar-refractivity contribution in [3.63, 3.8) is 0 Å². The SMILES string of the molecule is C1CCCCC1.CC.Nc1c(C=Nc2cc(F)ccc2Cl)cnn2cc(Br)cc12. The Labute approximate surface area is 185 Å². The van der Waals surface area contributed by atoms with Gasteiger partial charge in [-0.25, -0.2) is 8.91 Å². The van der Waals surface area contributed by atoms with Gasteiger partial charge in [-0.3, -0.25) is 4.99 Å². The monoisotopic (exact) mass is 480 g/mol. The second-order valence-corrected chi connectivity index (χ2v) is 7.80. The summed E-state index contributed by atoms with van der Waals surface area (Å²) in [6.45, 7) is 4.00. The molecule has 0 saturated heterocycles. The molecule has 1 aromatic carbocycles. The first-order valence-corrected chi connectivity index (χ1v) is 11.1. The van der Waals surface area contributed by atoms with Crippen LogP contribution in [0.25, 0.3) is 5.52 Å². The van der Waals surface area contributed by atoms with Gasteiger partial charge in [-0.2, -0.15) is 5.10 Å². The number of hydrogen-bond donors (Lipinski definition) is 1. The number of nitrogens with two attached hydrogens (primary N) is 1. The summed E-state index contributed by atoms with van der Waals surface area (Å²) in [7, 11) is 0. The molecule has 0 bridgehead atoms. The highest BCUT2D eigenvalue weighted by molar-refractivity contribution is 9.10. The standard InChI is InChI=1S/C14H9BrClFN4.C6H12.C2H6/c15-9-3-13-14(18)8(6-20-21(13)7-9)5-19-12-4-10(17)1-2-11(12)16;1-2-4-6-5-3-1;1-2/h1-7H,18H2;1-6H2;1-2H3. The molecule has 4 nitrogen and oxygen atoms in total. The lowest BCUT2D eigenvalue weighted by Crippen LogP contribution is -2.00. The minimum atomic E-state index is -0.399. The van der Waals surface area contributed by atoms with E-state index in [1.54, 1.807) is 16.9 Å². The van der Waals surface area contributed by atoms with Crippen molar-refractivity contribution in [1.82, 2.24) is 9.61 Å². The van der Waals surface area contributed by atoms with E-state index < -0.39 is 5.82 Å². The van der Waals surface area contributed by atoms with E-state index in [-0.39, 0.29) is 0 Å². The largest absolute Gasteiger partial charge is 0.396 e. The first kappa shape index (κ1) is 23.4. The number of benzene rings is 1. The van der Waals surface area contributed by atoms with Gasteiger partial charge in [0, 0.05) is 28.5 Å². The van der Waals surface area contributed by atoms with Crippen LogP contribution in [-0.4, -0.2) is 15.8 Å². The molecule has 156 valence electrons. The maximum atomic E-state index is 13.2. The van der Waals surface area contributed by atoms with Gasteiger partial charge in [0.15, 0.2) is 0 Å². The van der Waals surface area contributed by atoms with E-state index >= 15 is 0 Å². The summed E-state index contributed by atoms with van der Waals surface area (Å²) >= 11 is 9.33. The van der Waals surface area contributed by atoms with Crippen molar-refractivity contribution in [2.75, 3.05) is 5.73 Å². The van der Waals surface area contributed by atoms with E-state index in [0.717, 1.165) is 9.99 Å². The lowest BCUT2D eigenvalue weighted by molar-refractivity contribution is 0.504. The van der Waals surface area contributed by atoms with Gasteiger partial charge in [0.05, 0.1) is 28.1 Å². The zero-order chi connectivity index (χ0) is 21.2. The molecule has 1 saturated carbocycles. The van der Waals surface area contributed by atoms with Gasteiger partial charge in [-0.15, -0.1) is 0 Å². The fourth-order valence-corrected chi connectivity index (χ4v) is 3.52. The third-order valence-electron chi connectivity index (χ3n) is 4.43. The van der Waals surface area contributed by atoms with E-state index in [2.05, 4.69) is 26.0 Å². The normalized spacial score (nSPS) is 13.6. The lowest BCUT2D eigenvalue weighted by atomic mass is 10.0. The summed E-state index contributed by atoms with van der Waals surface area (Å²) in [5.41, 5.74) is 8.35. The number of aliphatic imine (C=N–C) groups is 1. The summed E-state index contributed by atoms with van der Waals surface area (Å²) in [6.07, 6.45) is 13.9. The number of nitrogen functional groups attached to an aromatic ring is 1. The number of aromatic nitrogens is 2. The van der Waals surface area contributed by atoms with Crippen molar-refractivity contribution in [2.45, 2.75) is 52.4 Å². The molecule has 2 N–H and O–H groups in total. The van der Waals surface area contributed by atoms with E-state index in [0.29, 0.717) is 22.0 Å². The van der Waals surface area contributed by atoms with Crippen LogP contribution in [0, 0.1) is 5.82 Å². The second-order valence-electron chi connectivity index (χ2n) is 6.48. The average molecular weight is 482 g/mol. The fraction of sp³-hybridized carbons (Fsp3) is 0.364. The van der Waals surface area contributed by atoms with E-state index in [9.17, 15) is 4.39 Å².